The Balaban J connectivity index is 2.20. The molecule has 5 nitrogen and oxygen atoms in total. The number of carbonyl (C=O) groups excluding carboxylic acids is 2. The molecule has 0 bridgehead atoms. The molecule has 0 saturated carbocycles. The SMILES string of the molecule is COCc1ccccc1C(=O)N1CSC[C@H]1C(=O)NC(C)(C)C. The predicted octanol–water partition coefficient (Wildman–Crippen LogP) is 2.26. The zero-order valence-corrected chi connectivity index (χ0v) is 14.9. The van der Waals surface area contributed by atoms with E-state index in [0.717, 1.165) is 5.56 Å². The molecule has 1 atom stereocenters. The van der Waals surface area contributed by atoms with Gasteiger partial charge in [0.15, 0.2) is 0 Å². The van der Waals surface area contributed by atoms with Crippen LogP contribution in [0.4, 0.5) is 0 Å². The molecule has 0 radical (unpaired) electrons. The lowest BCUT2D eigenvalue weighted by Crippen LogP contribution is -2.52. The quantitative estimate of drug-likeness (QED) is 0.916. The summed E-state index contributed by atoms with van der Waals surface area (Å²) in [4.78, 5) is 27.0. The maximum Gasteiger partial charge on any atom is 0.255 e. The third kappa shape index (κ3) is 4.48. The Labute approximate surface area is 141 Å². The van der Waals surface area contributed by atoms with Gasteiger partial charge in [0.2, 0.25) is 5.91 Å². The smallest absolute Gasteiger partial charge is 0.255 e. The summed E-state index contributed by atoms with van der Waals surface area (Å²) in [5.41, 5.74) is 1.13. The van der Waals surface area contributed by atoms with Crippen molar-refractivity contribution in [1.29, 1.82) is 0 Å². The van der Waals surface area contributed by atoms with Crippen molar-refractivity contribution < 1.29 is 14.3 Å². The van der Waals surface area contributed by atoms with E-state index >= 15 is 0 Å². The summed E-state index contributed by atoms with van der Waals surface area (Å²) in [7, 11) is 1.60. The van der Waals surface area contributed by atoms with E-state index in [1.165, 1.54) is 0 Å². The molecule has 2 amide bonds. The largest absolute Gasteiger partial charge is 0.380 e. The van der Waals surface area contributed by atoms with E-state index < -0.39 is 6.04 Å². The number of thioether (sulfide) groups is 1. The van der Waals surface area contributed by atoms with Gasteiger partial charge in [-0.15, -0.1) is 11.8 Å². The summed E-state index contributed by atoms with van der Waals surface area (Å²) in [6.07, 6.45) is 0. The zero-order chi connectivity index (χ0) is 17.0. The second-order valence-corrected chi connectivity index (χ2v) is 7.62. The summed E-state index contributed by atoms with van der Waals surface area (Å²) in [6, 6.07) is 6.96. The van der Waals surface area contributed by atoms with E-state index in [-0.39, 0.29) is 17.4 Å². The molecule has 1 aromatic rings. The minimum absolute atomic E-state index is 0.0972. The van der Waals surface area contributed by atoms with Crippen molar-refractivity contribution in [1.82, 2.24) is 10.2 Å². The highest BCUT2D eigenvalue weighted by molar-refractivity contribution is 7.99. The highest BCUT2D eigenvalue weighted by Crippen LogP contribution is 2.25. The molecule has 126 valence electrons. The van der Waals surface area contributed by atoms with Gasteiger partial charge in [-0.25, -0.2) is 0 Å². The number of hydrogen-bond donors (Lipinski definition) is 1. The first-order valence-electron chi connectivity index (χ1n) is 7.61. The van der Waals surface area contributed by atoms with Crippen LogP contribution < -0.4 is 5.32 Å². The van der Waals surface area contributed by atoms with E-state index in [9.17, 15) is 9.59 Å². The van der Waals surface area contributed by atoms with Crippen LogP contribution in [0.2, 0.25) is 0 Å². The number of ether oxygens (including phenoxy) is 1. The van der Waals surface area contributed by atoms with Crippen molar-refractivity contribution in [2.24, 2.45) is 0 Å². The summed E-state index contributed by atoms with van der Waals surface area (Å²) < 4.78 is 5.17. The molecule has 1 fully saturated rings. The van der Waals surface area contributed by atoms with Crippen molar-refractivity contribution in [3.05, 3.63) is 35.4 Å². The minimum Gasteiger partial charge on any atom is -0.380 e. The second-order valence-electron chi connectivity index (χ2n) is 6.62. The van der Waals surface area contributed by atoms with Crippen molar-refractivity contribution >= 4 is 23.6 Å². The van der Waals surface area contributed by atoms with Gasteiger partial charge in [0.05, 0.1) is 12.5 Å². The summed E-state index contributed by atoms with van der Waals surface area (Å²) >= 11 is 1.60. The Morgan fingerprint density at radius 3 is 2.70 bits per heavy atom. The summed E-state index contributed by atoms with van der Waals surface area (Å²) in [5, 5.41) is 2.97. The van der Waals surface area contributed by atoms with Crippen LogP contribution >= 0.6 is 11.8 Å². The zero-order valence-electron chi connectivity index (χ0n) is 14.1. The molecule has 6 heteroatoms. The van der Waals surface area contributed by atoms with Crippen LogP contribution in [0.1, 0.15) is 36.7 Å². The monoisotopic (exact) mass is 336 g/mol. The topological polar surface area (TPSA) is 58.6 Å². The summed E-state index contributed by atoms with van der Waals surface area (Å²) in [5.74, 6) is 0.944. The lowest BCUT2D eigenvalue weighted by molar-refractivity contribution is -0.125. The maximum absolute atomic E-state index is 12.9. The first kappa shape index (κ1) is 17.8. The number of nitrogens with zero attached hydrogens (tertiary/aromatic N) is 1. The molecule has 1 aromatic carbocycles. The van der Waals surface area contributed by atoms with Gasteiger partial charge in [-0.2, -0.15) is 0 Å². The molecular weight excluding hydrogens is 312 g/mol. The first-order chi connectivity index (χ1) is 10.8. The standard InChI is InChI=1S/C17H24N2O3S/c1-17(2,3)18-15(20)14-10-23-11-19(14)16(21)13-8-6-5-7-12(13)9-22-4/h5-8,14H,9-11H2,1-4H3,(H,18,20)/t14-/m0/s1. The van der Waals surface area contributed by atoms with Gasteiger partial charge < -0.3 is 15.0 Å². The Kier molecular flexibility index (Phi) is 5.70. The van der Waals surface area contributed by atoms with Crippen molar-refractivity contribution in [3.63, 3.8) is 0 Å². The van der Waals surface area contributed by atoms with Crippen LogP contribution in [0.3, 0.4) is 0 Å². The minimum atomic E-state index is -0.428. The highest BCUT2D eigenvalue weighted by Gasteiger charge is 2.36. The van der Waals surface area contributed by atoms with Gasteiger partial charge in [-0.1, -0.05) is 18.2 Å². The Morgan fingerprint density at radius 2 is 2.04 bits per heavy atom. The maximum atomic E-state index is 12.9. The molecule has 0 spiro atoms. The fraction of sp³-hybridized carbons (Fsp3) is 0.529. The van der Waals surface area contributed by atoms with Gasteiger partial charge in [-0.05, 0) is 32.4 Å². The lowest BCUT2D eigenvalue weighted by atomic mass is 10.1. The molecule has 1 N–H and O–H groups in total. The lowest BCUT2D eigenvalue weighted by Gasteiger charge is -2.28. The van der Waals surface area contributed by atoms with Crippen molar-refractivity contribution in [2.75, 3.05) is 18.7 Å². The average molecular weight is 336 g/mol. The van der Waals surface area contributed by atoms with Gasteiger partial charge in [-0.3, -0.25) is 9.59 Å². The van der Waals surface area contributed by atoms with Crippen LogP contribution in [0, 0.1) is 0 Å². The molecule has 23 heavy (non-hydrogen) atoms. The molecule has 1 aliphatic rings. The van der Waals surface area contributed by atoms with Crippen LogP contribution in [0.5, 0.6) is 0 Å². The van der Waals surface area contributed by atoms with Crippen LogP contribution in [0.15, 0.2) is 24.3 Å². The van der Waals surface area contributed by atoms with Crippen molar-refractivity contribution in [2.45, 2.75) is 39.0 Å². The normalized spacial score (nSPS) is 18.1. The van der Waals surface area contributed by atoms with Crippen molar-refractivity contribution in [3.8, 4) is 0 Å². The van der Waals surface area contributed by atoms with E-state index in [1.807, 2.05) is 39.0 Å². The molecule has 0 aliphatic carbocycles. The molecule has 2 rings (SSSR count). The van der Waals surface area contributed by atoms with E-state index in [2.05, 4.69) is 5.32 Å². The number of hydrogen-bond acceptors (Lipinski definition) is 4. The average Bonchev–Trinajstić information content (AvgIpc) is 2.95. The highest BCUT2D eigenvalue weighted by atomic mass is 32.2. The number of methoxy groups -OCH3 is 1. The molecule has 1 aliphatic heterocycles. The van der Waals surface area contributed by atoms with Gasteiger partial charge in [0.25, 0.3) is 5.91 Å². The van der Waals surface area contributed by atoms with Crippen LogP contribution in [-0.4, -0.2) is 47.0 Å². The molecule has 0 aromatic heterocycles. The fourth-order valence-electron chi connectivity index (χ4n) is 2.48. The molecule has 0 unspecified atom stereocenters. The first-order valence-corrected chi connectivity index (χ1v) is 8.76. The van der Waals surface area contributed by atoms with Gasteiger partial charge >= 0.3 is 0 Å². The van der Waals surface area contributed by atoms with Gasteiger partial charge in [0.1, 0.15) is 6.04 Å². The Bertz CT molecular complexity index is 583. The van der Waals surface area contributed by atoms with E-state index in [0.29, 0.717) is 23.8 Å². The number of amides is 2. The fourth-order valence-corrected chi connectivity index (χ4v) is 3.63. The number of benzene rings is 1. The number of nitrogens with one attached hydrogen (secondary N) is 1. The molecule has 1 heterocycles. The van der Waals surface area contributed by atoms with E-state index in [4.69, 9.17) is 4.74 Å². The Morgan fingerprint density at radius 1 is 1.35 bits per heavy atom. The van der Waals surface area contributed by atoms with Crippen LogP contribution in [0.25, 0.3) is 0 Å². The third-order valence-electron chi connectivity index (χ3n) is 3.49. The Hall–Kier alpha value is -1.53. The van der Waals surface area contributed by atoms with E-state index in [1.54, 1.807) is 29.8 Å². The number of rotatable bonds is 4. The van der Waals surface area contributed by atoms with Gasteiger partial charge in [0, 0.05) is 24.0 Å². The summed E-state index contributed by atoms with van der Waals surface area (Å²) in [6.45, 7) is 6.19. The molecular formula is C17H24N2O3S. The number of carbonyl (C=O) groups is 2. The molecule has 1 saturated heterocycles. The van der Waals surface area contributed by atoms with Crippen LogP contribution in [-0.2, 0) is 16.1 Å². The second kappa shape index (κ2) is 7.36. The predicted molar refractivity (Wildman–Crippen MR) is 92.3 cm³/mol. The third-order valence-corrected chi connectivity index (χ3v) is 4.50.